The Morgan fingerprint density at radius 3 is 2.71 bits per heavy atom. The number of methoxy groups -OCH3 is 1. The average molecular weight is 634 g/mol. The van der Waals surface area contributed by atoms with Crippen molar-refractivity contribution in [1.29, 1.82) is 0 Å². The minimum Gasteiger partial charge on any atom is -0.506 e. The number of aliphatic hydroxyl groups is 1. The Kier molecular flexibility index (Phi) is 11.3. The second-order valence-electron chi connectivity index (χ2n) is 11.0. The number of ether oxygens (including phenoxy) is 5. The number of hydrogen-bond donors (Lipinski definition) is 3. The second kappa shape index (κ2) is 14.9. The van der Waals surface area contributed by atoms with Crippen molar-refractivity contribution in [3.63, 3.8) is 0 Å². The third-order valence-corrected chi connectivity index (χ3v) is 7.48. The van der Waals surface area contributed by atoms with Crippen LogP contribution in [-0.2, 0) is 28.6 Å². The molecule has 0 saturated carbocycles. The zero-order valence-corrected chi connectivity index (χ0v) is 25.9. The molecule has 0 aliphatic carbocycles. The number of fused-ring (bicyclic) bond motifs is 1. The minimum atomic E-state index is -1.53. The van der Waals surface area contributed by atoms with E-state index in [2.05, 4.69) is 16.0 Å². The van der Waals surface area contributed by atoms with Crippen molar-refractivity contribution in [2.75, 3.05) is 53.2 Å². The van der Waals surface area contributed by atoms with Gasteiger partial charge < -0.3 is 43.2 Å². The van der Waals surface area contributed by atoms with E-state index < -0.39 is 41.9 Å². The minimum absolute atomic E-state index is 0.0527. The topological polar surface area (TPSA) is 180 Å². The highest BCUT2D eigenvalue weighted by Crippen LogP contribution is 2.37. The lowest BCUT2D eigenvalue weighted by Gasteiger charge is -2.47. The SMILES string of the molecule is C#CCONC(=O)O[C@H]1[C@@H](O)[C@H](Oc2ccc3c(O)c(/C(C)=N/OCCN4CCOCC4)c(=O)oc3c2C)OC(C)(C)[C@@H]1OC. The zero-order valence-electron chi connectivity index (χ0n) is 25.9. The van der Waals surface area contributed by atoms with Crippen molar-refractivity contribution in [1.82, 2.24) is 10.4 Å². The van der Waals surface area contributed by atoms with E-state index in [0.29, 0.717) is 31.9 Å². The Bertz CT molecular complexity index is 1480. The molecule has 45 heavy (non-hydrogen) atoms. The normalized spacial score (nSPS) is 23.7. The highest BCUT2D eigenvalue weighted by molar-refractivity contribution is 6.04. The number of benzene rings is 1. The number of rotatable bonds is 11. The standard InChI is InChI=1S/C30H39N3O12/c1-7-13-40-32-29(37)44-25-23(35)28(45-30(4,5)26(25)38-6)42-20-9-8-19-22(34)21(27(36)43-24(19)17(20)2)18(3)31-41-16-12-33-10-14-39-15-11-33/h1,8-9,23,25-26,28,34-35H,10-16H2,2-6H3,(H,32,37)/b31-18+/t23-,25+,26-,28-/m1/s1. The van der Waals surface area contributed by atoms with Gasteiger partial charge in [-0.1, -0.05) is 11.1 Å². The van der Waals surface area contributed by atoms with Crippen molar-refractivity contribution in [3.8, 4) is 23.8 Å². The molecule has 0 radical (unpaired) electrons. The maximum Gasteiger partial charge on any atom is 0.431 e. The summed E-state index contributed by atoms with van der Waals surface area (Å²) in [6.45, 7) is 10.2. The molecule has 3 heterocycles. The Hall–Kier alpha value is -3.91. The molecule has 246 valence electrons. The fourth-order valence-electron chi connectivity index (χ4n) is 5.21. The Morgan fingerprint density at radius 2 is 2.02 bits per heavy atom. The van der Waals surface area contributed by atoms with Gasteiger partial charge in [0.25, 0.3) is 0 Å². The third kappa shape index (κ3) is 7.85. The highest BCUT2D eigenvalue weighted by Gasteiger charge is 2.53. The number of morpholine rings is 1. The van der Waals surface area contributed by atoms with Gasteiger partial charge in [0.1, 0.15) is 42.0 Å². The molecule has 1 aromatic carbocycles. The molecule has 3 N–H and O–H groups in total. The van der Waals surface area contributed by atoms with Gasteiger partial charge in [0.15, 0.2) is 12.2 Å². The number of amides is 1. The fraction of sp³-hybridized carbons (Fsp3) is 0.567. The van der Waals surface area contributed by atoms with Gasteiger partial charge in [-0.15, -0.1) is 6.42 Å². The number of hydrogen-bond acceptors (Lipinski definition) is 14. The van der Waals surface area contributed by atoms with Crippen LogP contribution in [-0.4, -0.2) is 110 Å². The molecular formula is C30H39N3O12. The number of oxime groups is 1. The molecule has 2 saturated heterocycles. The van der Waals surface area contributed by atoms with Crippen molar-refractivity contribution < 1.29 is 52.8 Å². The lowest BCUT2D eigenvalue weighted by molar-refractivity contribution is -0.305. The molecule has 4 atom stereocenters. The summed E-state index contributed by atoms with van der Waals surface area (Å²) >= 11 is 0. The molecule has 2 fully saturated rings. The molecule has 15 heteroatoms. The fourth-order valence-corrected chi connectivity index (χ4v) is 5.21. The van der Waals surface area contributed by atoms with Crippen LogP contribution in [0.15, 0.2) is 26.5 Å². The molecule has 2 aromatic rings. The van der Waals surface area contributed by atoms with Gasteiger partial charge in [-0.05, 0) is 39.8 Å². The lowest BCUT2D eigenvalue weighted by Crippen LogP contribution is -2.65. The first kappa shape index (κ1) is 34.0. The number of nitrogens with zero attached hydrogens (tertiary/aromatic N) is 2. The number of hydroxylamine groups is 1. The second-order valence-corrected chi connectivity index (χ2v) is 11.0. The smallest absolute Gasteiger partial charge is 0.431 e. The maximum atomic E-state index is 13.0. The predicted molar refractivity (Wildman–Crippen MR) is 159 cm³/mol. The van der Waals surface area contributed by atoms with E-state index in [4.69, 9.17) is 44.2 Å². The van der Waals surface area contributed by atoms with Crippen LogP contribution in [0.3, 0.4) is 0 Å². The van der Waals surface area contributed by atoms with Crippen LogP contribution < -0.4 is 15.8 Å². The molecule has 0 unspecified atom stereocenters. The van der Waals surface area contributed by atoms with Crippen molar-refractivity contribution in [2.24, 2.45) is 5.16 Å². The molecule has 0 spiro atoms. The van der Waals surface area contributed by atoms with Gasteiger partial charge in [0.2, 0.25) is 6.29 Å². The van der Waals surface area contributed by atoms with Crippen LogP contribution in [0.1, 0.15) is 31.9 Å². The number of terminal acetylenes is 1. The number of aryl methyl sites for hydroxylation is 1. The van der Waals surface area contributed by atoms with Crippen LogP contribution in [0.25, 0.3) is 11.0 Å². The van der Waals surface area contributed by atoms with E-state index in [9.17, 15) is 19.8 Å². The number of aliphatic hydroxyl groups excluding tert-OH is 1. The van der Waals surface area contributed by atoms with Gasteiger partial charge >= 0.3 is 11.7 Å². The highest BCUT2D eigenvalue weighted by atomic mass is 16.7. The predicted octanol–water partition coefficient (Wildman–Crippen LogP) is 1.43. The molecule has 2 aliphatic heterocycles. The molecule has 1 aromatic heterocycles. The largest absolute Gasteiger partial charge is 0.506 e. The van der Waals surface area contributed by atoms with E-state index in [0.717, 1.165) is 13.1 Å². The summed E-state index contributed by atoms with van der Waals surface area (Å²) in [7, 11) is 1.38. The number of nitrogens with one attached hydrogen (secondary N) is 1. The van der Waals surface area contributed by atoms with E-state index >= 15 is 0 Å². The Balaban J connectivity index is 1.53. The van der Waals surface area contributed by atoms with Gasteiger partial charge in [-0.25, -0.2) is 9.59 Å². The first-order valence-corrected chi connectivity index (χ1v) is 14.3. The van der Waals surface area contributed by atoms with Gasteiger partial charge in [0.05, 0.1) is 29.9 Å². The number of carbonyl (C=O) groups is 1. The number of carbonyl (C=O) groups excluding carboxylic acids is 1. The van der Waals surface area contributed by atoms with Crippen molar-refractivity contribution in [2.45, 2.75) is 57.9 Å². The Morgan fingerprint density at radius 1 is 1.29 bits per heavy atom. The van der Waals surface area contributed by atoms with Crippen molar-refractivity contribution >= 4 is 22.8 Å². The Labute approximate surface area is 259 Å². The molecule has 2 aliphatic rings. The maximum absolute atomic E-state index is 13.0. The van der Waals surface area contributed by atoms with Crippen LogP contribution in [0.4, 0.5) is 4.79 Å². The lowest BCUT2D eigenvalue weighted by atomic mass is 9.89. The summed E-state index contributed by atoms with van der Waals surface area (Å²) in [5.41, 5.74) is 0.499. The summed E-state index contributed by atoms with van der Waals surface area (Å²) in [6.07, 6.45) is -0.927. The molecule has 4 rings (SSSR count). The third-order valence-electron chi connectivity index (χ3n) is 7.48. The summed E-state index contributed by atoms with van der Waals surface area (Å²) in [4.78, 5) is 37.6. The van der Waals surface area contributed by atoms with E-state index in [-0.39, 0.29) is 40.4 Å². The van der Waals surface area contributed by atoms with Crippen LogP contribution in [0, 0.1) is 19.3 Å². The van der Waals surface area contributed by atoms with Gasteiger partial charge in [-0.2, -0.15) is 5.48 Å². The molecule has 15 nitrogen and oxygen atoms in total. The average Bonchev–Trinajstić information content (AvgIpc) is 3.00. The molecule has 1 amide bonds. The van der Waals surface area contributed by atoms with Crippen molar-refractivity contribution in [3.05, 3.63) is 33.7 Å². The summed E-state index contributed by atoms with van der Waals surface area (Å²) in [5, 5.41) is 26.4. The molecular weight excluding hydrogens is 594 g/mol. The summed E-state index contributed by atoms with van der Waals surface area (Å²) in [5.74, 6) is 2.03. The van der Waals surface area contributed by atoms with Gasteiger partial charge in [0, 0.05) is 32.3 Å². The monoisotopic (exact) mass is 633 g/mol. The van der Waals surface area contributed by atoms with E-state index in [1.807, 2.05) is 5.48 Å². The quantitative estimate of drug-likeness (QED) is 0.106. The van der Waals surface area contributed by atoms with E-state index in [1.165, 1.54) is 26.2 Å². The van der Waals surface area contributed by atoms with E-state index in [1.54, 1.807) is 20.8 Å². The summed E-state index contributed by atoms with van der Waals surface area (Å²) in [6, 6.07) is 3.02. The first-order chi connectivity index (χ1) is 21.5. The first-order valence-electron chi connectivity index (χ1n) is 14.3. The number of aromatic hydroxyl groups is 1. The zero-order chi connectivity index (χ0) is 32.7. The van der Waals surface area contributed by atoms with Crippen LogP contribution in [0.5, 0.6) is 11.5 Å². The van der Waals surface area contributed by atoms with Crippen LogP contribution in [0.2, 0.25) is 0 Å². The van der Waals surface area contributed by atoms with Gasteiger partial charge in [-0.3, -0.25) is 9.74 Å². The summed E-state index contributed by atoms with van der Waals surface area (Å²) < 4.78 is 33.8. The van der Waals surface area contributed by atoms with Crippen LogP contribution >= 0.6 is 0 Å². The molecule has 0 bridgehead atoms.